The third-order valence-corrected chi connectivity index (χ3v) is 9.06. The van der Waals surface area contributed by atoms with Gasteiger partial charge in [0, 0.05) is 48.1 Å². The number of aromatic nitrogens is 4. The lowest BCUT2D eigenvalue weighted by Crippen LogP contribution is -2.42. The van der Waals surface area contributed by atoms with Gasteiger partial charge in [-0.3, -0.25) is 4.90 Å². The van der Waals surface area contributed by atoms with Crippen molar-refractivity contribution >= 4 is 17.3 Å². The summed E-state index contributed by atoms with van der Waals surface area (Å²) in [5.41, 5.74) is 1.69. The van der Waals surface area contributed by atoms with Crippen LogP contribution in [0.2, 0.25) is 0 Å². The van der Waals surface area contributed by atoms with Crippen LogP contribution in [-0.4, -0.2) is 50.5 Å². The van der Waals surface area contributed by atoms with Crippen LogP contribution in [0.1, 0.15) is 44.9 Å². The predicted molar refractivity (Wildman–Crippen MR) is 182 cm³/mol. The van der Waals surface area contributed by atoms with Crippen LogP contribution in [0, 0.1) is 23.0 Å². The molecule has 0 radical (unpaired) electrons. The highest BCUT2D eigenvalue weighted by Gasteiger charge is 2.45. The molecule has 2 heterocycles. The molecule has 0 aliphatic carbocycles. The smallest absolute Gasteiger partial charge is 0.340 e. The first-order valence-electron chi connectivity index (χ1n) is 15.3. The Balaban J connectivity index is 1.43. The standard InChI is InChI=1S/C37H34F2N6O3S/c1-4-16-44(17-5-2)20-28-8-12-30(13-9-28)36(46)47-25-48-37(22-45-24-41-23-42-45,32-15-14-31(38)18-33(32)39)26(3)35-43-34(21-49-35)29-10-6-27(19-40)7-11-29/h4-15,18,21,23-24,26H,1-2,16-17,20,22,25H2,3H3/t26-,37+/m0/s1. The third kappa shape index (κ3) is 8.39. The van der Waals surface area contributed by atoms with Gasteiger partial charge in [-0.2, -0.15) is 10.4 Å². The summed E-state index contributed by atoms with van der Waals surface area (Å²) < 4.78 is 43.4. The Morgan fingerprint density at radius 2 is 1.84 bits per heavy atom. The lowest BCUT2D eigenvalue weighted by Gasteiger charge is -2.38. The minimum absolute atomic E-state index is 0.0241. The van der Waals surface area contributed by atoms with Crippen LogP contribution in [0.5, 0.6) is 0 Å². The highest BCUT2D eigenvalue weighted by atomic mass is 32.1. The monoisotopic (exact) mass is 680 g/mol. The molecule has 0 aliphatic rings. The van der Waals surface area contributed by atoms with Crippen LogP contribution in [0.3, 0.4) is 0 Å². The summed E-state index contributed by atoms with van der Waals surface area (Å²) in [4.78, 5) is 24.2. The Hall–Kier alpha value is -5.35. The fourth-order valence-electron chi connectivity index (χ4n) is 5.47. The van der Waals surface area contributed by atoms with Crippen LogP contribution in [0.25, 0.3) is 11.3 Å². The second-order valence-corrected chi connectivity index (χ2v) is 12.1. The van der Waals surface area contributed by atoms with E-state index in [9.17, 15) is 14.4 Å². The second kappa shape index (κ2) is 16.2. The molecule has 2 aromatic heterocycles. The van der Waals surface area contributed by atoms with E-state index < -0.39 is 35.9 Å². The van der Waals surface area contributed by atoms with E-state index in [-0.39, 0.29) is 12.1 Å². The molecule has 0 unspecified atom stereocenters. The Labute approximate surface area is 287 Å². The summed E-state index contributed by atoms with van der Waals surface area (Å²) >= 11 is 1.33. The normalized spacial score (nSPS) is 13.0. The topological polar surface area (TPSA) is 106 Å². The van der Waals surface area contributed by atoms with Crippen molar-refractivity contribution in [1.29, 1.82) is 5.26 Å². The van der Waals surface area contributed by atoms with Gasteiger partial charge in [-0.25, -0.2) is 28.2 Å². The van der Waals surface area contributed by atoms with Gasteiger partial charge in [-0.15, -0.1) is 24.5 Å². The van der Waals surface area contributed by atoms with E-state index in [1.807, 2.05) is 36.6 Å². The van der Waals surface area contributed by atoms with Crippen LogP contribution in [0.4, 0.5) is 8.78 Å². The number of halogens is 2. The molecule has 0 fully saturated rings. The van der Waals surface area contributed by atoms with Gasteiger partial charge in [-0.1, -0.05) is 49.4 Å². The largest absolute Gasteiger partial charge is 0.435 e. The number of ether oxygens (including phenoxy) is 2. The van der Waals surface area contributed by atoms with Gasteiger partial charge in [0.25, 0.3) is 0 Å². The van der Waals surface area contributed by atoms with Gasteiger partial charge in [0.05, 0.1) is 34.4 Å². The fourth-order valence-corrected chi connectivity index (χ4v) is 6.44. The first-order valence-corrected chi connectivity index (χ1v) is 16.2. The zero-order valence-electron chi connectivity index (χ0n) is 26.8. The van der Waals surface area contributed by atoms with Crippen molar-refractivity contribution in [2.45, 2.75) is 31.5 Å². The number of esters is 1. The third-order valence-electron chi connectivity index (χ3n) is 8.03. The van der Waals surface area contributed by atoms with Crippen molar-refractivity contribution in [3.8, 4) is 17.3 Å². The zero-order valence-corrected chi connectivity index (χ0v) is 27.7. The van der Waals surface area contributed by atoms with E-state index in [0.29, 0.717) is 41.5 Å². The maximum atomic E-state index is 15.7. The van der Waals surface area contributed by atoms with Crippen LogP contribution >= 0.6 is 11.3 Å². The van der Waals surface area contributed by atoms with Crippen molar-refractivity contribution in [3.05, 3.63) is 149 Å². The maximum absolute atomic E-state index is 15.7. The first kappa shape index (κ1) is 35.0. The predicted octanol–water partition coefficient (Wildman–Crippen LogP) is 7.26. The average Bonchev–Trinajstić information content (AvgIpc) is 3.81. The molecule has 49 heavy (non-hydrogen) atoms. The van der Waals surface area contributed by atoms with Gasteiger partial charge >= 0.3 is 5.97 Å². The first-order chi connectivity index (χ1) is 23.8. The quantitative estimate of drug-likeness (QED) is 0.0610. The van der Waals surface area contributed by atoms with Crippen molar-refractivity contribution in [2.24, 2.45) is 0 Å². The van der Waals surface area contributed by atoms with E-state index in [0.717, 1.165) is 23.3 Å². The number of nitriles is 1. The number of benzene rings is 3. The molecule has 3 aromatic carbocycles. The number of carbonyl (C=O) groups excluding carboxylic acids is 1. The van der Waals surface area contributed by atoms with Gasteiger partial charge < -0.3 is 9.47 Å². The molecule has 0 spiro atoms. The van der Waals surface area contributed by atoms with Gasteiger partial charge in [0.1, 0.15) is 29.9 Å². The molecule has 9 nitrogen and oxygen atoms in total. The van der Waals surface area contributed by atoms with Crippen molar-refractivity contribution in [2.75, 3.05) is 19.9 Å². The lowest BCUT2D eigenvalue weighted by atomic mass is 9.81. The lowest BCUT2D eigenvalue weighted by molar-refractivity contribution is -0.148. The minimum Gasteiger partial charge on any atom is -0.435 e. The second-order valence-electron chi connectivity index (χ2n) is 11.3. The Morgan fingerprint density at radius 1 is 1.10 bits per heavy atom. The molecule has 0 bridgehead atoms. The zero-order chi connectivity index (χ0) is 34.8. The highest BCUT2D eigenvalue weighted by Crippen LogP contribution is 2.44. The molecule has 5 aromatic rings. The molecular formula is C37H34F2N6O3S. The van der Waals surface area contributed by atoms with E-state index in [4.69, 9.17) is 14.5 Å². The molecular weight excluding hydrogens is 647 g/mol. The average molecular weight is 681 g/mol. The van der Waals surface area contributed by atoms with Gasteiger partial charge in [0.15, 0.2) is 6.79 Å². The van der Waals surface area contributed by atoms with Crippen molar-refractivity contribution in [1.82, 2.24) is 24.6 Å². The summed E-state index contributed by atoms with van der Waals surface area (Å²) in [5, 5.41) is 15.8. The maximum Gasteiger partial charge on any atom is 0.340 e. The Bertz CT molecular complexity index is 1910. The van der Waals surface area contributed by atoms with Crippen molar-refractivity contribution in [3.63, 3.8) is 0 Å². The van der Waals surface area contributed by atoms with Crippen LogP contribution < -0.4 is 0 Å². The highest BCUT2D eigenvalue weighted by molar-refractivity contribution is 7.10. The molecule has 0 aliphatic heterocycles. The SMILES string of the molecule is C=CCN(CC=C)Cc1ccc(C(=O)OCO[C@@](Cn2cncn2)(c2ccc(F)cc2F)[C@@H](C)c2nc(-c3ccc(C#N)cc3)cs2)cc1. The van der Waals surface area contributed by atoms with Gasteiger partial charge in [-0.05, 0) is 35.9 Å². The minimum atomic E-state index is -1.59. The number of nitrogens with zero attached hydrogens (tertiary/aromatic N) is 6. The number of carbonyl (C=O) groups is 1. The Kier molecular flexibility index (Phi) is 11.5. The molecule has 12 heteroatoms. The van der Waals surface area contributed by atoms with Crippen molar-refractivity contribution < 1.29 is 23.0 Å². The fraction of sp³-hybridized carbons (Fsp3) is 0.216. The number of rotatable bonds is 16. The summed E-state index contributed by atoms with van der Waals surface area (Å²) in [6.45, 7) is 10.8. The van der Waals surface area contributed by atoms with E-state index >= 15 is 4.39 Å². The van der Waals surface area contributed by atoms with Crippen LogP contribution in [0.15, 0.2) is 110 Å². The van der Waals surface area contributed by atoms with E-state index in [1.54, 1.807) is 36.4 Å². The van der Waals surface area contributed by atoms with E-state index in [2.05, 4.69) is 34.2 Å². The molecule has 2 atom stereocenters. The molecule has 0 amide bonds. The Morgan fingerprint density at radius 3 is 2.47 bits per heavy atom. The summed E-state index contributed by atoms with van der Waals surface area (Å²) in [6.07, 6.45) is 6.43. The number of hydrogen-bond acceptors (Lipinski definition) is 9. The molecule has 250 valence electrons. The number of hydrogen-bond donors (Lipinski definition) is 0. The number of thiazole rings is 1. The molecule has 0 saturated heterocycles. The summed E-state index contributed by atoms with van der Waals surface area (Å²) in [6, 6.07) is 19.4. The molecule has 5 rings (SSSR count). The summed E-state index contributed by atoms with van der Waals surface area (Å²) in [5.74, 6) is -2.91. The van der Waals surface area contributed by atoms with E-state index in [1.165, 1.54) is 34.7 Å². The summed E-state index contributed by atoms with van der Waals surface area (Å²) in [7, 11) is 0. The molecule has 0 N–H and O–H groups in total. The molecule has 0 saturated carbocycles. The van der Waals surface area contributed by atoms with Gasteiger partial charge in [0.2, 0.25) is 0 Å². The van der Waals surface area contributed by atoms with Crippen LogP contribution in [-0.2, 0) is 28.2 Å².